The number of aromatic nitrogens is 1. The van der Waals surface area contributed by atoms with E-state index in [1.165, 1.54) is 0 Å². The third kappa shape index (κ3) is 2.40. The van der Waals surface area contributed by atoms with E-state index in [1.807, 2.05) is 12.1 Å². The monoisotopic (exact) mass is 251 g/mol. The lowest BCUT2D eigenvalue weighted by Crippen LogP contribution is -1.84. The van der Waals surface area contributed by atoms with Crippen LogP contribution in [0.4, 0.5) is 0 Å². The number of rotatable bonds is 2. The summed E-state index contributed by atoms with van der Waals surface area (Å²) >= 11 is 11.6. The molecule has 0 saturated heterocycles. The van der Waals surface area contributed by atoms with Crippen molar-refractivity contribution < 1.29 is 4.79 Å². The second-order valence-corrected chi connectivity index (χ2v) is 4.02. The molecule has 0 saturated carbocycles. The fourth-order valence-corrected chi connectivity index (χ4v) is 1.85. The van der Waals surface area contributed by atoms with E-state index in [1.54, 1.807) is 24.3 Å². The van der Waals surface area contributed by atoms with Crippen LogP contribution in [0.3, 0.4) is 0 Å². The van der Waals surface area contributed by atoms with Gasteiger partial charge < -0.3 is 0 Å². The molecule has 0 aliphatic heterocycles. The molecule has 1 aromatic carbocycles. The molecule has 0 aliphatic carbocycles. The zero-order valence-electron chi connectivity index (χ0n) is 8.15. The van der Waals surface area contributed by atoms with E-state index in [2.05, 4.69) is 4.98 Å². The molecule has 0 amide bonds. The Labute approximate surface area is 103 Å². The quantitative estimate of drug-likeness (QED) is 0.599. The molecule has 16 heavy (non-hydrogen) atoms. The predicted octanol–water partition coefficient (Wildman–Crippen LogP) is 3.87. The Balaban J connectivity index is 2.45. The van der Waals surface area contributed by atoms with Gasteiger partial charge in [-0.25, -0.2) is 4.98 Å². The lowest BCUT2D eigenvalue weighted by atomic mass is 10.1. The van der Waals surface area contributed by atoms with Crippen LogP contribution in [0.1, 0.15) is 10.4 Å². The molecule has 1 aromatic heterocycles. The molecule has 0 atom stereocenters. The first-order chi connectivity index (χ1) is 7.69. The Kier molecular flexibility index (Phi) is 3.22. The minimum Gasteiger partial charge on any atom is -0.298 e. The summed E-state index contributed by atoms with van der Waals surface area (Å²) in [6.07, 6.45) is 0.802. The molecule has 2 rings (SSSR count). The van der Waals surface area contributed by atoms with E-state index in [4.69, 9.17) is 23.2 Å². The van der Waals surface area contributed by atoms with E-state index in [9.17, 15) is 4.79 Å². The van der Waals surface area contributed by atoms with Crippen molar-refractivity contribution in [2.45, 2.75) is 0 Å². The number of carbonyl (C=O) groups is 1. The summed E-state index contributed by atoms with van der Waals surface area (Å²) in [5, 5.41) is 0.698. The van der Waals surface area contributed by atoms with Crippen molar-refractivity contribution >= 4 is 29.5 Å². The van der Waals surface area contributed by atoms with Crippen LogP contribution < -0.4 is 0 Å². The van der Waals surface area contributed by atoms with Crippen molar-refractivity contribution in [1.29, 1.82) is 0 Å². The van der Waals surface area contributed by atoms with Gasteiger partial charge in [-0.15, -0.1) is 0 Å². The number of nitrogens with zero attached hydrogens (tertiary/aromatic N) is 1. The Morgan fingerprint density at radius 2 is 1.50 bits per heavy atom. The standard InChI is InChI=1S/C12H7Cl2NO/c13-11-5-10(6-12(14)15-11)9-3-1-8(7-16)2-4-9/h1-7H. The third-order valence-corrected chi connectivity index (χ3v) is 2.53. The zero-order valence-corrected chi connectivity index (χ0v) is 9.66. The highest BCUT2D eigenvalue weighted by Gasteiger charge is 2.02. The average Bonchev–Trinajstić information content (AvgIpc) is 2.28. The SMILES string of the molecule is O=Cc1ccc(-c2cc(Cl)nc(Cl)c2)cc1. The lowest BCUT2D eigenvalue weighted by Gasteiger charge is -2.03. The molecule has 80 valence electrons. The molecular formula is C12H7Cl2NO. The summed E-state index contributed by atoms with van der Waals surface area (Å²) in [4.78, 5) is 14.4. The van der Waals surface area contributed by atoms with E-state index in [0.29, 0.717) is 15.9 Å². The summed E-state index contributed by atoms with van der Waals surface area (Å²) < 4.78 is 0. The summed E-state index contributed by atoms with van der Waals surface area (Å²) in [6.45, 7) is 0. The second-order valence-electron chi connectivity index (χ2n) is 3.24. The summed E-state index contributed by atoms with van der Waals surface area (Å²) in [5.41, 5.74) is 2.45. The van der Waals surface area contributed by atoms with Crippen LogP contribution in [0.2, 0.25) is 10.3 Å². The van der Waals surface area contributed by atoms with Crippen LogP contribution in [-0.2, 0) is 0 Å². The van der Waals surface area contributed by atoms with Crippen molar-refractivity contribution in [1.82, 2.24) is 4.98 Å². The maximum absolute atomic E-state index is 10.5. The number of benzene rings is 1. The van der Waals surface area contributed by atoms with Crippen molar-refractivity contribution in [2.75, 3.05) is 0 Å². The minimum absolute atomic E-state index is 0.349. The second kappa shape index (κ2) is 4.64. The van der Waals surface area contributed by atoms with Crippen molar-refractivity contribution in [2.24, 2.45) is 0 Å². The molecule has 1 heterocycles. The molecule has 2 aromatic rings. The molecule has 0 unspecified atom stereocenters. The molecule has 0 aliphatic rings. The van der Waals surface area contributed by atoms with Crippen LogP contribution in [0.5, 0.6) is 0 Å². The van der Waals surface area contributed by atoms with E-state index >= 15 is 0 Å². The minimum atomic E-state index is 0.349. The first-order valence-corrected chi connectivity index (χ1v) is 5.33. The number of pyridine rings is 1. The smallest absolute Gasteiger partial charge is 0.150 e. The average molecular weight is 252 g/mol. The Morgan fingerprint density at radius 3 is 2.00 bits per heavy atom. The molecule has 0 fully saturated rings. The lowest BCUT2D eigenvalue weighted by molar-refractivity contribution is 0.112. The van der Waals surface area contributed by atoms with Gasteiger partial charge in [0.25, 0.3) is 0 Å². The third-order valence-electron chi connectivity index (χ3n) is 2.14. The van der Waals surface area contributed by atoms with Gasteiger partial charge in [-0.3, -0.25) is 4.79 Å². The van der Waals surface area contributed by atoms with E-state index in [0.717, 1.165) is 17.4 Å². The fourth-order valence-electron chi connectivity index (χ4n) is 1.39. The van der Waals surface area contributed by atoms with Gasteiger partial charge in [-0.2, -0.15) is 0 Å². The maximum Gasteiger partial charge on any atom is 0.150 e. The van der Waals surface area contributed by atoms with Crippen LogP contribution in [0.15, 0.2) is 36.4 Å². The van der Waals surface area contributed by atoms with Crippen LogP contribution in [0.25, 0.3) is 11.1 Å². The topological polar surface area (TPSA) is 30.0 Å². The highest BCUT2D eigenvalue weighted by molar-refractivity contribution is 6.32. The molecule has 0 N–H and O–H groups in total. The number of carbonyl (C=O) groups excluding carboxylic acids is 1. The fraction of sp³-hybridized carbons (Fsp3) is 0. The molecule has 2 nitrogen and oxygen atoms in total. The van der Waals surface area contributed by atoms with Crippen molar-refractivity contribution in [3.05, 3.63) is 52.3 Å². The number of hydrogen-bond donors (Lipinski definition) is 0. The molecule has 0 spiro atoms. The van der Waals surface area contributed by atoms with Gasteiger partial charge in [0.2, 0.25) is 0 Å². The van der Waals surface area contributed by atoms with Gasteiger partial charge in [0.05, 0.1) is 0 Å². The van der Waals surface area contributed by atoms with Crippen molar-refractivity contribution in [3.8, 4) is 11.1 Å². The van der Waals surface area contributed by atoms with Gasteiger partial charge in [-0.05, 0) is 23.3 Å². The predicted molar refractivity (Wildman–Crippen MR) is 65.1 cm³/mol. The summed E-state index contributed by atoms with van der Waals surface area (Å²) in [6, 6.07) is 10.6. The number of halogens is 2. The Morgan fingerprint density at radius 1 is 0.938 bits per heavy atom. The summed E-state index contributed by atoms with van der Waals surface area (Å²) in [5.74, 6) is 0. The maximum atomic E-state index is 10.5. The Hall–Kier alpha value is -1.38. The molecular weight excluding hydrogens is 245 g/mol. The molecule has 0 radical (unpaired) electrons. The van der Waals surface area contributed by atoms with E-state index < -0.39 is 0 Å². The highest BCUT2D eigenvalue weighted by Crippen LogP contribution is 2.24. The normalized spacial score (nSPS) is 10.1. The zero-order chi connectivity index (χ0) is 11.5. The van der Waals surface area contributed by atoms with Crippen LogP contribution in [0, 0.1) is 0 Å². The Bertz CT molecular complexity index is 503. The molecule has 0 bridgehead atoms. The van der Waals surface area contributed by atoms with E-state index in [-0.39, 0.29) is 0 Å². The van der Waals surface area contributed by atoms with Crippen LogP contribution in [-0.4, -0.2) is 11.3 Å². The van der Waals surface area contributed by atoms with Gasteiger partial charge in [-0.1, -0.05) is 47.5 Å². The molecule has 4 heteroatoms. The highest BCUT2D eigenvalue weighted by atomic mass is 35.5. The van der Waals surface area contributed by atoms with Gasteiger partial charge in [0, 0.05) is 5.56 Å². The summed E-state index contributed by atoms with van der Waals surface area (Å²) in [7, 11) is 0. The van der Waals surface area contributed by atoms with Gasteiger partial charge in [0.15, 0.2) is 0 Å². The van der Waals surface area contributed by atoms with Gasteiger partial charge >= 0.3 is 0 Å². The first-order valence-electron chi connectivity index (χ1n) is 4.58. The number of aldehydes is 1. The van der Waals surface area contributed by atoms with Crippen molar-refractivity contribution in [3.63, 3.8) is 0 Å². The van der Waals surface area contributed by atoms with Crippen LogP contribution >= 0.6 is 23.2 Å². The number of hydrogen-bond acceptors (Lipinski definition) is 2. The van der Waals surface area contributed by atoms with Gasteiger partial charge in [0.1, 0.15) is 16.6 Å². The first kappa shape index (κ1) is 11.1. The largest absolute Gasteiger partial charge is 0.298 e.